The van der Waals surface area contributed by atoms with Gasteiger partial charge in [-0.15, -0.1) is 0 Å². The maximum absolute atomic E-state index is 11.1. The Morgan fingerprint density at radius 1 is 1.47 bits per heavy atom. The molecule has 1 rings (SSSR count). The van der Waals surface area contributed by atoms with Gasteiger partial charge >= 0.3 is 5.97 Å². The van der Waals surface area contributed by atoms with Crippen LogP contribution in [-0.4, -0.2) is 27.1 Å². The van der Waals surface area contributed by atoms with Gasteiger partial charge in [-0.25, -0.2) is 4.98 Å². The Balaban J connectivity index is 3.07. The highest BCUT2D eigenvalue weighted by atomic mass is 16.5. The minimum atomic E-state index is -0.909. The quantitative estimate of drug-likeness (QED) is 0.850. The van der Waals surface area contributed by atoms with Gasteiger partial charge < -0.3 is 9.84 Å². The molecule has 0 saturated heterocycles. The van der Waals surface area contributed by atoms with Crippen molar-refractivity contribution in [1.29, 1.82) is 0 Å². The van der Waals surface area contributed by atoms with Crippen LogP contribution in [0.25, 0.3) is 0 Å². The molecule has 1 atom stereocenters. The number of aryl methyl sites for hydroxylation is 1. The van der Waals surface area contributed by atoms with Crippen LogP contribution in [0.5, 0.6) is 5.88 Å². The van der Waals surface area contributed by atoms with Crippen molar-refractivity contribution in [2.45, 2.75) is 46.1 Å². The van der Waals surface area contributed by atoms with Crippen LogP contribution in [0.15, 0.2) is 6.07 Å². The third kappa shape index (κ3) is 3.69. The van der Waals surface area contributed by atoms with Crippen LogP contribution in [-0.2, 0) is 4.79 Å². The van der Waals surface area contributed by atoms with E-state index in [2.05, 4.69) is 9.97 Å². The van der Waals surface area contributed by atoms with Crippen LogP contribution in [0, 0.1) is 6.92 Å². The van der Waals surface area contributed by atoms with E-state index >= 15 is 0 Å². The van der Waals surface area contributed by atoms with Gasteiger partial charge in [0.05, 0.1) is 6.10 Å². The van der Waals surface area contributed by atoms with Crippen molar-refractivity contribution in [2.24, 2.45) is 0 Å². The molecule has 0 aliphatic carbocycles. The number of aromatic nitrogens is 2. The highest BCUT2D eigenvalue weighted by molar-refractivity contribution is 5.74. The first-order valence-corrected chi connectivity index (χ1v) is 5.69. The molecule has 5 heteroatoms. The smallest absolute Gasteiger partial charge is 0.314 e. The van der Waals surface area contributed by atoms with Crippen molar-refractivity contribution < 1.29 is 14.6 Å². The molecule has 17 heavy (non-hydrogen) atoms. The molecule has 0 aliphatic rings. The van der Waals surface area contributed by atoms with E-state index in [0.717, 1.165) is 0 Å². The van der Waals surface area contributed by atoms with E-state index in [-0.39, 0.29) is 6.10 Å². The summed E-state index contributed by atoms with van der Waals surface area (Å²) < 4.78 is 5.47. The summed E-state index contributed by atoms with van der Waals surface area (Å²) in [7, 11) is 0. The van der Waals surface area contributed by atoms with Crippen molar-refractivity contribution in [3.63, 3.8) is 0 Å². The predicted molar refractivity (Wildman–Crippen MR) is 63.2 cm³/mol. The van der Waals surface area contributed by atoms with E-state index in [4.69, 9.17) is 9.84 Å². The van der Waals surface area contributed by atoms with E-state index in [0.29, 0.717) is 23.8 Å². The summed E-state index contributed by atoms with van der Waals surface area (Å²) in [5.74, 6) is -0.837. The Kier molecular flexibility index (Phi) is 4.43. The summed E-state index contributed by atoms with van der Waals surface area (Å²) >= 11 is 0. The van der Waals surface area contributed by atoms with Gasteiger partial charge in [0.25, 0.3) is 0 Å². The van der Waals surface area contributed by atoms with Crippen molar-refractivity contribution >= 4 is 5.97 Å². The standard InChI is InChI=1S/C12H18N2O3/c1-5-9(12(15)16)11-13-8(4)6-10(14-11)17-7(2)3/h6-7,9H,5H2,1-4H3,(H,15,16). The van der Waals surface area contributed by atoms with Crippen LogP contribution in [0.3, 0.4) is 0 Å². The summed E-state index contributed by atoms with van der Waals surface area (Å²) in [6.45, 7) is 7.39. The highest BCUT2D eigenvalue weighted by Crippen LogP contribution is 2.19. The van der Waals surface area contributed by atoms with Crippen molar-refractivity contribution in [1.82, 2.24) is 9.97 Å². The van der Waals surface area contributed by atoms with Gasteiger partial charge in [0, 0.05) is 11.8 Å². The molecule has 0 bridgehead atoms. The van der Waals surface area contributed by atoms with E-state index in [1.54, 1.807) is 19.9 Å². The number of aliphatic carboxylic acids is 1. The topological polar surface area (TPSA) is 72.3 Å². The zero-order chi connectivity index (χ0) is 13.0. The number of carboxylic acids is 1. The molecule has 94 valence electrons. The van der Waals surface area contributed by atoms with E-state index in [1.807, 2.05) is 13.8 Å². The Bertz CT molecular complexity index is 405. The van der Waals surface area contributed by atoms with Gasteiger partial charge in [0.2, 0.25) is 5.88 Å². The number of hydrogen-bond acceptors (Lipinski definition) is 4. The lowest BCUT2D eigenvalue weighted by molar-refractivity contribution is -0.139. The molecule has 1 heterocycles. The second-order valence-electron chi connectivity index (χ2n) is 4.17. The first-order chi connectivity index (χ1) is 7.93. The molecule has 0 aromatic carbocycles. The van der Waals surface area contributed by atoms with Gasteiger partial charge in [0.15, 0.2) is 0 Å². The fourth-order valence-corrected chi connectivity index (χ4v) is 1.49. The molecule has 0 aliphatic heterocycles. The third-order valence-corrected chi connectivity index (χ3v) is 2.22. The molecule has 1 unspecified atom stereocenters. The Morgan fingerprint density at radius 2 is 2.12 bits per heavy atom. The predicted octanol–water partition coefficient (Wildman–Crippen LogP) is 2.15. The van der Waals surface area contributed by atoms with Crippen molar-refractivity contribution in [3.8, 4) is 5.88 Å². The van der Waals surface area contributed by atoms with Gasteiger partial charge in [0.1, 0.15) is 11.7 Å². The number of rotatable bonds is 5. The molecule has 5 nitrogen and oxygen atoms in total. The van der Waals surface area contributed by atoms with Crippen LogP contribution in [0.2, 0.25) is 0 Å². The minimum absolute atomic E-state index is 0.00190. The van der Waals surface area contributed by atoms with E-state index < -0.39 is 11.9 Å². The SMILES string of the molecule is CCC(C(=O)O)c1nc(C)cc(OC(C)C)n1. The highest BCUT2D eigenvalue weighted by Gasteiger charge is 2.21. The fourth-order valence-electron chi connectivity index (χ4n) is 1.49. The Hall–Kier alpha value is -1.65. The van der Waals surface area contributed by atoms with Crippen molar-refractivity contribution in [3.05, 3.63) is 17.6 Å². The number of carboxylic acid groups (broad SMARTS) is 1. The number of hydrogen-bond donors (Lipinski definition) is 1. The molecule has 0 saturated carbocycles. The second kappa shape index (κ2) is 5.61. The minimum Gasteiger partial charge on any atom is -0.481 e. The first kappa shape index (κ1) is 13.4. The van der Waals surface area contributed by atoms with Crippen molar-refractivity contribution in [2.75, 3.05) is 0 Å². The molecule has 1 aromatic rings. The number of carbonyl (C=O) groups is 1. The molecular weight excluding hydrogens is 220 g/mol. The van der Waals surface area contributed by atoms with E-state index in [9.17, 15) is 4.79 Å². The average molecular weight is 238 g/mol. The molecular formula is C12H18N2O3. The lowest BCUT2D eigenvalue weighted by Crippen LogP contribution is -2.16. The fraction of sp³-hybridized carbons (Fsp3) is 0.583. The van der Waals surface area contributed by atoms with Gasteiger partial charge in [-0.3, -0.25) is 4.79 Å². The lowest BCUT2D eigenvalue weighted by Gasteiger charge is -2.13. The Labute approximate surface area is 101 Å². The molecule has 0 radical (unpaired) electrons. The number of nitrogens with zero attached hydrogens (tertiary/aromatic N) is 2. The largest absolute Gasteiger partial charge is 0.481 e. The van der Waals surface area contributed by atoms with Crippen LogP contribution in [0.1, 0.15) is 44.6 Å². The Morgan fingerprint density at radius 3 is 2.59 bits per heavy atom. The maximum Gasteiger partial charge on any atom is 0.314 e. The summed E-state index contributed by atoms with van der Waals surface area (Å²) in [5, 5.41) is 9.07. The van der Waals surface area contributed by atoms with E-state index in [1.165, 1.54) is 0 Å². The van der Waals surface area contributed by atoms with Gasteiger partial charge in [-0.2, -0.15) is 4.98 Å². The third-order valence-electron chi connectivity index (χ3n) is 2.22. The average Bonchev–Trinajstić information content (AvgIpc) is 2.15. The molecule has 0 fully saturated rings. The first-order valence-electron chi connectivity index (χ1n) is 5.69. The van der Waals surface area contributed by atoms with Crippen LogP contribution < -0.4 is 4.74 Å². The van der Waals surface area contributed by atoms with Gasteiger partial charge in [-0.05, 0) is 27.2 Å². The normalized spacial score (nSPS) is 12.5. The molecule has 0 amide bonds. The summed E-state index contributed by atoms with van der Waals surface area (Å²) in [6.07, 6.45) is 0.460. The summed E-state index contributed by atoms with van der Waals surface area (Å²) in [6, 6.07) is 1.71. The monoisotopic (exact) mass is 238 g/mol. The zero-order valence-corrected chi connectivity index (χ0v) is 10.6. The van der Waals surface area contributed by atoms with Crippen LogP contribution >= 0.6 is 0 Å². The lowest BCUT2D eigenvalue weighted by atomic mass is 10.1. The zero-order valence-electron chi connectivity index (χ0n) is 10.6. The second-order valence-corrected chi connectivity index (χ2v) is 4.17. The molecule has 1 aromatic heterocycles. The summed E-state index contributed by atoms with van der Waals surface area (Å²) in [4.78, 5) is 19.4. The van der Waals surface area contributed by atoms with Gasteiger partial charge in [-0.1, -0.05) is 6.92 Å². The molecule has 1 N–H and O–H groups in total. The van der Waals surface area contributed by atoms with Crippen LogP contribution in [0.4, 0.5) is 0 Å². The number of ether oxygens (including phenoxy) is 1. The summed E-state index contributed by atoms with van der Waals surface area (Å²) in [5.41, 5.74) is 0.713. The molecule has 0 spiro atoms. The maximum atomic E-state index is 11.1.